The summed E-state index contributed by atoms with van der Waals surface area (Å²) < 4.78 is 10.1. The van der Waals surface area contributed by atoms with Crippen molar-refractivity contribution in [2.24, 2.45) is 0 Å². The third-order valence-electron chi connectivity index (χ3n) is 2.53. The van der Waals surface area contributed by atoms with E-state index in [1.807, 2.05) is 0 Å². The number of fused-ring (bicyclic) bond motifs is 1. The van der Waals surface area contributed by atoms with Crippen LogP contribution in [0.25, 0.3) is 0 Å². The van der Waals surface area contributed by atoms with Crippen molar-refractivity contribution in [3.63, 3.8) is 0 Å². The Kier molecular flexibility index (Phi) is 1.43. The molecule has 4 heteroatoms. The van der Waals surface area contributed by atoms with Gasteiger partial charge in [-0.2, -0.15) is 0 Å². The average Bonchev–Trinajstić information content (AvgIpc) is 2.98. The Morgan fingerprint density at radius 2 is 2.43 bits per heavy atom. The molecule has 0 bridgehead atoms. The van der Waals surface area contributed by atoms with Gasteiger partial charge in [-0.15, -0.1) is 0 Å². The Balaban J connectivity index is 1.88. The second-order valence-corrected chi connectivity index (χ2v) is 3.58. The molecule has 0 amide bonds. The molecule has 0 aromatic carbocycles. The number of ether oxygens (including phenoxy) is 2. The molecule has 1 N–H and O–H groups in total. The van der Waals surface area contributed by atoms with E-state index in [4.69, 9.17) is 9.47 Å². The third kappa shape index (κ3) is 1.04. The molecular weight excluding hydrogens is 184 g/mol. The Hall–Kier alpha value is -1.15. The lowest BCUT2D eigenvalue weighted by atomic mass is 9.91. The molecular formula is C10H8O4. The van der Waals surface area contributed by atoms with Gasteiger partial charge in [0.2, 0.25) is 11.4 Å². The summed E-state index contributed by atoms with van der Waals surface area (Å²) in [6.07, 6.45) is 1.52. The quantitative estimate of drug-likeness (QED) is 0.396. The van der Waals surface area contributed by atoms with Gasteiger partial charge in [-0.25, -0.2) is 0 Å². The highest BCUT2D eigenvalue weighted by Gasteiger charge is 2.65. The van der Waals surface area contributed by atoms with Gasteiger partial charge >= 0.3 is 0 Å². The summed E-state index contributed by atoms with van der Waals surface area (Å²) in [6.45, 7) is 0.625. The van der Waals surface area contributed by atoms with Crippen LogP contribution in [0.15, 0.2) is 12.2 Å². The van der Waals surface area contributed by atoms with E-state index in [0.717, 1.165) is 0 Å². The van der Waals surface area contributed by atoms with Gasteiger partial charge in [-0.3, -0.25) is 4.79 Å². The average molecular weight is 192 g/mol. The molecule has 2 saturated heterocycles. The van der Waals surface area contributed by atoms with Gasteiger partial charge in [0, 0.05) is 0 Å². The van der Waals surface area contributed by atoms with E-state index < -0.39 is 17.8 Å². The first-order chi connectivity index (χ1) is 6.72. The SMILES string of the molecule is O=C1C=CC(O)C2OC12C#CC1CO1. The number of aliphatic hydroxyl groups is 1. The summed E-state index contributed by atoms with van der Waals surface area (Å²) in [5.74, 6) is 5.37. The summed E-state index contributed by atoms with van der Waals surface area (Å²) >= 11 is 0. The van der Waals surface area contributed by atoms with Crippen molar-refractivity contribution in [3.8, 4) is 11.8 Å². The summed E-state index contributed by atoms with van der Waals surface area (Å²) in [5, 5.41) is 9.42. The van der Waals surface area contributed by atoms with Crippen LogP contribution < -0.4 is 0 Å². The largest absolute Gasteiger partial charge is 0.386 e. The van der Waals surface area contributed by atoms with Crippen molar-refractivity contribution in [1.29, 1.82) is 0 Å². The highest BCUT2D eigenvalue weighted by Crippen LogP contribution is 2.42. The Morgan fingerprint density at radius 1 is 1.64 bits per heavy atom. The Labute approximate surface area is 80.5 Å². The molecule has 1 aliphatic carbocycles. The van der Waals surface area contributed by atoms with Gasteiger partial charge in [-0.1, -0.05) is 11.8 Å². The highest BCUT2D eigenvalue weighted by molar-refractivity contribution is 6.04. The predicted molar refractivity (Wildman–Crippen MR) is 45.3 cm³/mol. The Bertz CT molecular complexity index is 385. The van der Waals surface area contributed by atoms with E-state index in [2.05, 4.69) is 11.8 Å². The highest BCUT2D eigenvalue weighted by atomic mass is 16.6. The van der Waals surface area contributed by atoms with Gasteiger partial charge in [0.1, 0.15) is 18.3 Å². The van der Waals surface area contributed by atoms with E-state index in [-0.39, 0.29) is 11.9 Å². The zero-order valence-electron chi connectivity index (χ0n) is 7.27. The van der Waals surface area contributed by atoms with E-state index in [0.29, 0.717) is 6.61 Å². The molecule has 4 nitrogen and oxygen atoms in total. The standard InChI is InChI=1S/C10H8O4/c11-7-1-2-8(12)10(9(7)14-10)4-3-6-5-13-6/h1-2,6-7,9,11H,5H2. The minimum atomic E-state index is -1.07. The van der Waals surface area contributed by atoms with Crippen LogP contribution in [0.5, 0.6) is 0 Å². The van der Waals surface area contributed by atoms with E-state index >= 15 is 0 Å². The predicted octanol–water partition coefficient (Wildman–Crippen LogP) is -0.974. The molecule has 0 aromatic heterocycles. The van der Waals surface area contributed by atoms with Crippen LogP contribution in [0.1, 0.15) is 0 Å². The van der Waals surface area contributed by atoms with Crippen molar-refractivity contribution in [2.45, 2.75) is 23.9 Å². The molecule has 0 saturated carbocycles. The molecule has 2 aliphatic heterocycles. The number of epoxide rings is 2. The lowest BCUT2D eigenvalue weighted by Gasteiger charge is -2.08. The molecule has 3 aliphatic rings. The lowest BCUT2D eigenvalue weighted by molar-refractivity contribution is -0.117. The van der Waals surface area contributed by atoms with E-state index in [9.17, 15) is 9.90 Å². The first kappa shape index (κ1) is 8.18. The van der Waals surface area contributed by atoms with Gasteiger partial charge in [0.15, 0.2) is 0 Å². The van der Waals surface area contributed by atoms with Crippen molar-refractivity contribution in [1.82, 2.24) is 0 Å². The molecule has 3 rings (SSSR count). The lowest BCUT2D eigenvalue weighted by Crippen LogP contribution is -2.33. The number of hydrogen-bond acceptors (Lipinski definition) is 4. The Morgan fingerprint density at radius 3 is 3.14 bits per heavy atom. The minimum absolute atomic E-state index is 0.0509. The molecule has 4 unspecified atom stereocenters. The third-order valence-corrected chi connectivity index (χ3v) is 2.53. The fourth-order valence-corrected chi connectivity index (χ4v) is 1.57. The summed E-state index contributed by atoms with van der Waals surface area (Å²) in [5.41, 5.74) is -1.07. The topological polar surface area (TPSA) is 62.4 Å². The summed E-state index contributed by atoms with van der Waals surface area (Å²) in [4.78, 5) is 11.5. The number of ketones is 1. The van der Waals surface area contributed by atoms with E-state index in [1.165, 1.54) is 12.2 Å². The van der Waals surface area contributed by atoms with Gasteiger partial charge in [0.05, 0.1) is 6.61 Å². The molecule has 0 spiro atoms. The smallest absolute Gasteiger partial charge is 0.220 e. The number of rotatable bonds is 0. The minimum Gasteiger partial charge on any atom is -0.386 e. The fraction of sp³-hybridized carbons (Fsp3) is 0.500. The molecule has 4 atom stereocenters. The molecule has 2 heterocycles. The van der Waals surface area contributed by atoms with Crippen LogP contribution in [0.2, 0.25) is 0 Å². The maximum atomic E-state index is 11.5. The molecule has 0 aromatic rings. The monoisotopic (exact) mass is 192 g/mol. The van der Waals surface area contributed by atoms with E-state index in [1.54, 1.807) is 0 Å². The first-order valence-electron chi connectivity index (χ1n) is 4.45. The van der Waals surface area contributed by atoms with Crippen molar-refractivity contribution in [2.75, 3.05) is 6.61 Å². The number of hydrogen-bond donors (Lipinski definition) is 1. The molecule has 14 heavy (non-hydrogen) atoms. The van der Waals surface area contributed by atoms with Crippen molar-refractivity contribution >= 4 is 5.78 Å². The molecule has 2 fully saturated rings. The number of carbonyl (C=O) groups excluding carboxylic acids is 1. The van der Waals surface area contributed by atoms with Crippen LogP contribution in [0, 0.1) is 11.8 Å². The maximum absolute atomic E-state index is 11.5. The fourth-order valence-electron chi connectivity index (χ4n) is 1.57. The zero-order valence-corrected chi connectivity index (χ0v) is 7.27. The number of aliphatic hydroxyl groups excluding tert-OH is 1. The summed E-state index contributed by atoms with van der Waals surface area (Å²) in [7, 11) is 0. The second-order valence-electron chi connectivity index (χ2n) is 3.58. The van der Waals surface area contributed by atoms with Crippen LogP contribution in [0.4, 0.5) is 0 Å². The molecule has 0 radical (unpaired) electrons. The van der Waals surface area contributed by atoms with Gasteiger partial charge in [-0.05, 0) is 12.2 Å². The molecule has 72 valence electrons. The second kappa shape index (κ2) is 2.45. The zero-order chi connectivity index (χ0) is 9.76. The normalized spacial score (nSPS) is 47.8. The maximum Gasteiger partial charge on any atom is 0.220 e. The first-order valence-corrected chi connectivity index (χ1v) is 4.45. The van der Waals surface area contributed by atoms with Crippen LogP contribution >= 0.6 is 0 Å². The van der Waals surface area contributed by atoms with Crippen molar-refractivity contribution < 1.29 is 19.4 Å². The van der Waals surface area contributed by atoms with Crippen LogP contribution in [-0.2, 0) is 14.3 Å². The van der Waals surface area contributed by atoms with Crippen molar-refractivity contribution in [3.05, 3.63) is 12.2 Å². The summed E-state index contributed by atoms with van der Waals surface area (Å²) in [6, 6.07) is 0. The van der Waals surface area contributed by atoms with Crippen LogP contribution in [-0.4, -0.2) is 41.4 Å². The van der Waals surface area contributed by atoms with Gasteiger partial charge in [0.25, 0.3) is 0 Å². The number of carbonyl (C=O) groups is 1. The van der Waals surface area contributed by atoms with Gasteiger partial charge < -0.3 is 14.6 Å². The van der Waals surface area contributed by atoms with Crippen LogP contribution in [0.3, 0.4) is 0 Å².